The van der Waals surface area contributed by atoms with Gasteiger partial charge in [-0.2, -0.15) is 4.31 Å². The van der Waals surface area contributed by atoms with Gasteiger partial charge < -0.3 is 9.64 Å². The van der Waals surface area contributed by atoms with E-state index in [1.807, 2.05) is 44.2 Å². The zero-order chi connectivity index (χ0) is 19.4. The van der Waals surface area contributed by atoms with Crippen molar-refractivity contribution in [2.24, 2.45) is 0 Å². The molecular weight excluding hydrogens is 366 g/mol. The summed E-state index contributed by atoms with van der Waals surface area (Å²) < 4.78 is 32.4. The molecule has 2 aliphatic heterocycles. The number of benzene rings is 1. The first-order chi connectivity index (χ1) is 12.8. The maximum absolute atomic E-state index is 12.6. The Morgan fingerprint density at radius 3 is 2.22 bits per heavy atom. The van der Waals surface area contributed by atoms with E-state index in [2.05, 4.69) is 4.90 Å². The van der Waals surface area contributed by atoms with E-state index in [4.69, 9.17) is 4.74 Å². The van der Waals surface area contributed by atoms with Crippen LogP contribution in [0.3, 0.4) is 0 Å². The van der Waals surface area contributed by atoms with Gasteiger partial charge in [0.05, 0.1) is 24.5 Å². The van der Waals surface area contributed by atoms with Crippen molar-refractivity contribution in [2.45, 2.75) is 31.8 Å². The molecule has 2 atom stereocenters. The van der Waals surface area contributed by atoms with Crippen LogP contribution in [0.1, 0.15) is 19.4 Å². The van der Waals surface area contributed by atoms with E-state index in [0.717, 1.165) is 18.7 Å². The van der Waals surface area contributed by atoms with Gasteiger partial charge in [-0.25, -0.2) is 8.42 Å². The number of hydrogen-bond donors (Lipinski definition) is 0. The normalized spacial score (nSPS) is 25.5. The quantitative estimate of drug-likeness (QED) is 0.737. The molecule has 1 aromatic carbocycles. The van der Waals surface area contributed by atoms with Crippen LogP contribution in [0.15, 0.2) is 30.3 Å². The summed E-state index contributed by atoms with van der Waals surface area (Å²) >= 11 is 0. The minimum absolute atomic E-state index is 0.00530. The highest BCUT2D eigenvalue weighted by molar-refractivity contribution is 7.88. The fourth-order valence-corrected chi connectivity index (χ4v) is 5.31. The van der Waals surface area contributed by atoms with Gasteiger partial charge in [-0.1, -0.05) is 30.3 Å². The number of morpholine rings is 1. The number of rotatable bonds is 5. The lowest BCUT2D eigenvalue weighted by molar-refractivity contribution is -0.137. The molecule has 0 unspecified atom stereocenters. The van der Waals surface area contributed by atoms with Crippen LogP contribution in [0.4, 0.5) is 0 Å². The van der Waals surface area contributed by atoms with Crippen molar-refractivity contribution in [2.75, 3.05) is 45.8 Å². The van der Waals surface area contributed by atoms with E-state index in [-0.39, 0.29) is 23.9 Å². The van der Waals surface area contributed by atoms with Crippen molar-refractivity contribution in [3.63, 3.8) is 0 Å². The van der Waals surface area contributed by atoms with Crippen molar-refractivity contribution in [1.29, 1.82) is 0 Å². The van der Waals surface area contributed by atoms with Gasteiger partial charge in [0.1, 0.15) is 0 Å². The van der Waals surface area contributed by atoms with Crippen LogP contribution in [0.2, 0.25) is 0 Å². The number of hydrogen-bond acceptors (Lipinski definition) is 5. The molecule has 2 heterocycles. The van der Waals surface area contributed by atoms with E-state index in [9.17, 15) is 13.2 Å². The second-order valence-electron chi connectivity index (χ2n) is 7.47. The first kappa shape index (κ1) is 20.3. The lowest BCUT2D eigenvalue weighted by Gasteiger charge is -2.38. The predicted octanol–water partition coefficient (Wildman–Crippen LogP) is 0.770. The van der Waals surface area contributed by atoms with Crippen molar-refractivity contribution in [3.05, 3.63) is 35.9 Å². The second-order valence-corrected chi connectivity index (χ2v) is 9.44. The van der Waals surface area contributed by atoms with E-state index >= 15 is 0 Å². The second kappa shape index (κ2) is 8.68. The summed E-state index contributed by atoms with van der Waals surface area (Å²) in [6, 6.07) is 9.20. The molecule has 0 spiro atoms. The van der Waals surface area contributed by atoms with Gasteiger partial charge in [-0.3, -0.25) is 9.69 Å². The van der Waals surface area contributed by atoms with Crippen molar-refractivity contribution < 1.29 is 17.9 Å². The maximum Gasteiger partial charge on any atom is 0.236 e. The molecule has 0 aliphatic carbocycles. The van der Waals surface area contributed by atoms with Crippen LogP contribution in [-0.4, -0.2) is 86.5 Å². The molecule has 0 radical (unpaired) electrons. The third-order valence-corrected chi connectivity index (χ3v) is 6.88. The molecule has 8 heteroatoms. The fraction of sp³-hybridized carbons (Fsp3) is 0.632. The summed E-state index contributed by atoms with van der Waals surface area (Å²) in [4.78, 5) is 16.5. The van der Waals surface area contributed by atoms with Gasteiger partial charge in [0.15, 0.2) is 0 Å². The summed E-state index contributed by atoms with van der Waals surface area (Å²) in [7, 11) is -3.36. The Morgan fingerprint density at radius 1 is 1.04 bits per heavy atom. The van der Waals surface area contributed by atoms with Crippen LogP contribution in [0.25, 0.3) is 0 Å². The lowest BCUT2D eigenvalue weighted by atomic mass is 10.2. The molecule has 0 bridgehead atoms. The SMILES string of the molecule is C[C@H]1CN(CC(=O)N2CCN(S(=O)(=O)Cc3ccccc3)CC2)C[C@H](C)O1. The average molecular weight is 396 g/mol. The highest BCUT2D eigenvalue weighted by Crippen LogP contribution is 2.15. The highest BCUT2D eigenvalue weighted by Gasteiger charge is 2.30. The number of amides is 1. The van der Waals surface area contributed by atoms with Crippen LogP contribution in [0.5, 0.6) is 0 Å². The summed E-state index contributed by atoms with van der Waals surface area (Å²) in [6.07, 6.45) is 0.253. The number of piperazine rings is 1. The topological polar surface area (TPSA) is 70.2 Å². The molecular formula is C19H29N3O4S. The third kappa shape index (κ3) is 5.51. The molecule has 1 aromatic rings. The van der Waals surface area contributed by atoms with Crippen molar-refractivity contribution in [1.82, 2.24) is 14.1 Å². The Hall–Kier alpha value is -1.48. The van der Waals surface area contributed by atoms with Gasteiger partial charge in [0.2, 0.25) is 15.9 Å². The van der Waals surface area contributed by atoms with Crippen molar-refractivity contribution >= 4 is 15.9 Å². The summed E-state index contributed by atoms with van der Waals surface area (Å²) in [5.41, 5.74) is 0.784. The molecule has 2 fully saturated rings. The van der Waals surface area contributed by atoms with Crippen LogP contribution < -0.4 is 0 Å². The third-order valence-electron chi connectivity index (χ3n) is 5.03. The Labute approximate surface area is 161 Å². The van der Waals surface area contributed by atoms with E-state index in [0.29, 0.717) is 32.7 Å². The zero-order valence-corrected chi connectivity index (χ0v) is 16.9. The van der Waals surface area contributed by atoms with Gasteiger partial charge in [-0.15, -0.1) is 0 Å². The van der Waals surface area contributed by atoms with E-state index in [1.54, 1.807) is 4.90 Å². The molecule has 2 saturated heterocycles. The first-order valence-electron chi connectivity index (χ1n) is 9.51. The van der Waals surface area contributed by atoms with Crippen LogP contribution in [0, 0.1) is 0 Å². The van der Waals surface area contributed by atoms with Gasteiger partial charge >= 0.3 is 0 Å². The minimum atomic E-state index is -3.36. The largest absolute Gasteiger partial charge is 0.373 e. The Morgan fingerprint density at radius 2 is 1.63 bits per heavy atom. The monoisotopic (exact) mass is 395 g/mol. The fourth-order valence-electron chi connectivity index (χ4n) is 3.80. The molecule has 0 N–H and O–H groups in total. The summed E-state index contributed by atoms with van der Waals surface area (Å²) in [5.74, 6) is 0.0714. The van der Waals surface area contributed by atoms with E-state index in [1.165, 1.54) is 4.31 Å². The van der Waals surface area contributed by atoms with Gasteiger partial charge in [0.25, 0.3) is 0 Å². The van der Waals surface area contributed by atoms with Gasteiger partial charge in [-0.05, 0) is 19.4 Å². The van der Waals surface area contributed by atoms with Crippen molar-refractivity contribution in [3.8, 4) is 0 Å². The predicted molar refractivity (Wildman–Crippen MR) is 104 cm³/mol. The van der Waals surface area contributed by atoms with Crippen LogP contribution in [-0.2, 0) is 25.3 Å². The smallest absolute Gasteiger partial charge is 0.236 e. The molecule has 1 amide bonds. The number of carbonyl (C=O) groups is 1. The van der Waals surface area contributed by atoms with E-state index < -0.39 is 10.0 Å². The zero-order valence-electron chi connectivity index (χ0n) is 16.1. The Bertz CT molecular complexity index is 723. The molecule has 0 aromatic heterocycles. The molecule has 27 heavy (non-hydrogen) atoms. The molecule has 2 aliphatic rings. The number of nitrogens with zero attached hydrogens (tertiary/aromatic N) is 3. The molecule has 0 saturated carbocycles. The Balaban J connectivity index is 1.50. The average Bonchev–Trinajstić information content (AvgIpc) is 2.61. The minimum Gasteiger partial charge on any atom is -0.373 e. The van der Waals surface area contributed by atoms with Gasteiger partial charge in [0, 0.05) is 39.3 Å². The number of ether oxygens (including phenoxy) is 1. The van der Waals surface area contributed by atoms with Crippen LogP contribution >= 0.6 is 0 Å². The molecule has 7 nitrogen and oxygen atoms in total. The molecule has 3 rings (SSSR count). The summed E-state index contributed by atoms with van der Waals surface area (Å²) in [6.45, 7) is 7.52. The number of sulfonamides is 1. The lowest BCUT2D eigenvalue weighted by Crippen LogP contribution is -2.54. The standard InChI is InChI=1S/C19H29N3O4S/c1-16-12-20(13-17(2)26-16)14-19(23)21-8-10-22(11-9-21)27(24,25)15-18-6-4-3-5-7-18/h3-7,16-17H,8-15H2,1-2H3/t16-,17-/m0/s1. The highest BCUT2D eigenvalue weighted by atomic mass is 32.2. The summed E-state index contributed by atoms with van der Waals surface area (Å²) in [5, 5.41) is 0. The Kier molecular flexibility index (Phi) is 6.52. The molecule has 150 valence electrons. The first-order valence-corrected chi connectivity index (χ1v) is 11.1. The maximum atomic E-state index is 12.6. The number of carbonyl (C=O) groups excluding carboxylic acids is 1.